The Morgan fingerprint density at radius 1 is 1.00 bits per heavy atom. The molecule has 0 saturated carbocycles. The Morgan fingerprint density at radius 3 is 2.42 bits per heavy atom. The van der Waals surface area contributed by atoms with Crippen LogP contribution >= 0.6 is 23.3 Å². The van der Waals surface area contributed by atoms with Gasteiger partial charge in [-0.15, -0.1) is 11.3 Å². The number of rotatable bonds is 4. The smallest absolute Gasteiger partial charge is 0.326 e. The molecule has 0 spiro atoms. The quantitative estimate of drug-likeness (QED) is 0.592. The van der Waals surface area contributed by atoms with Crippen molar-refractivity contribution in [3.05, 3.63) is 59.5 Å². The molecule has 4 amide bonds. The highest BCUT2D eigenvalue weighted by Crippen LogP contribution is 2.25. The molecule has 3 rings (SSSR count). The summed E-state index contributed by atoms with van der Waals surface area (Å²) >= 11 is 2.41. The fraction of sp³-hybridized carbons (Fsp3) is 0.0556. The minimum Gasteiger partial charge on any atom is -0.326 e. The molecule has 0 aliphatic carbocycles. The van der Waals surface area contributed by atoms with Crippen LogP contribution in [0.3, 0.4) is 0 Å². The SMILES string of the molecule is CC(=O)Nc1ccc(SNC(=O)NC(=O)c2cc3ccccc3s2)cc1. The van der Waals surface area contributed by atoms with Gasteiger partial charge in [0.05, 0.1) is 4.88 Å². The van der Waals surface area contributed by atoms with Crippen LogP contribution in [0.25, 0.3) is 10.1 Å². The van der Waals surface area contributed by atoms with E-state index in [9.17, 15) is 14.4 Å². The first kappa shape index (κ1) is 18.0. The van der Waals surface area contributed by atoms with Gasteiger partial charge in [-0.05, 0) is 53.7 Å². The van der Waals surface area contributed by atoms with Gasteiger partial charge in [-0.25, -0.2) is 4.79 Å². The van der Waals surface area contributed by atoms with Crippen molar-refractivity contribution in [3.8, 4) is 0 Å². The zero-order chi connectivity index (χ0) is 18.5. The largest absolute Gasteiger partial charge is 0.331 e. The van der Waals surface area contributed by atoms with E-state index in [2.05, 4.69) is 15.4 Å². The Balaban J connectivity index is 1.53. The number of hydrogen-bond acceptors (Lipinski definition) is 5. The lowest BCUT2D eigenvalue weighted by Gasteiger charge is -2.06. The van der Waals surface area contributed by atoms with Gasteiger partial charge in [0.15, 0.2) is 0 Å². The fourth-order valence-electron chi connectivity index (χ4n) is 2.20. The van der Waals surface area contributed by atoms with Gasteiger partial charge >= 0.3 is 6.03 Å². The standard InChI is InChI=1S/C18H15N3O3S2/c1-11(22)19-13-6-8-14(9-7-13)26-21-18(24)20-17(23)16-10-12-4-2-3-5-15(12)25-16/h2-10H,1H3,(H,19,22)(H2,20,21,23,24). The monoisotopic (exact) mass is 385 g/mol. The molecule has 3 N–H and O–H groups in total. The summed E-state index contributed by atoms with van der Waals surface area (Å²) in [7, 11) is 0. The van der Waals surface area contributed by atoms with E-state index < -0.39 is 11.9 Å². The van der Waals surface area contributed by atoms with Gasteiger partial charge in [0.2, 0.25) is 5.91 Å². The Hall–Kier alpha value is -2.84. The maximum atomic E-state index is 12.2. The molecule has 0 bridgehead atoms. The molecule has 2 aromatic carbocycles. The Labute approximate surface area is 158 Å². The third-order valence-electron chi connectivity index (χ3n) is 3.31. The average Bonchev–Trinajstić information content (AvgIpc) is 3.05. The lowest BCUT2D eigenvalue weighted by Crippen LogP contribution is -2.35. The molecule has 0 aliphatic rings. The molecule has 0 saturated heterocycles. The van der Waals surface area contributed by atoms with Gasteiger partial charge in [-0.1, -0.05) is 18.2 Å². The second kappa shape index (κ2) is 8.03. The molecule has 0 aliphatic heterocycles. The summed E-state index contributed by atoms with van der Waals surface area (Å²) < 4.78 is 3.55. The van der Waals surface area contributed by atoms with Crippen LogP contribution in [0.1, 0.15) is 16.6 Å². The van der Waals surface area contributed by atoms with E-state index in [4.69, 9.17) is 0 Å². The van der Waals surface area contributed by atoms with Crippen molar-refractivity contribution in [2.45, 2.75) is 11.8 Å². The number of imide groups is 1. The van der Waals surface area contributed by atoms with E-state index in [0.29, 0.717) is 10.6 Å². The Morgan fingerprint density at radius 2 is 1.73 bits per heavy atom. The topological polar surface area (TPSA) is 87.3 Å². The highest BCUT2D eigenvalue weighted by Gasteiger charge is 2.13. The van der Waals surface area contributed by atoms with Gasteiger partial charge in [0.1, 0.15) is 0 Å². The molecule has 3 aromatic rings. The summed E-state index contributed by atoms with van der Waals surface area (Å²) in [5.41, 5.74) is 0.672. The number of benzene rings is 2. The summed E-state index contributed by atoms with van der Waals surface area (Å²) in [6.07, 6.45) is 0. The summed E-state index contributed by atoms with van der Waals surface area (Å²) in [6, 6.07) is 15.8. The molecular weight excluding hydrogens is 370 g/mol. The van der Waals surface area contributed by atoms with Gasteiger partial charge < -0.3 is 5.32 Å². The third kappa shape index (κ3) is 4.62. The molecule has 1 aromatic heterocycles. The van der Waals surface area contributed by atoms with Crippen molar-refractivity contribution in [3.63, 3.8) is 0 Å². The summed E-state index contributed by atoms with van der Waals surface area (Å²) in [5.74, 6) is -0.590. The predicted octanol–water partition coefficient (Wildman–Crippen LogP) is 4.01. The van der Waals surface area contributed by atoms with Crippen LogP contribution in [0, 0.1) is 0 Å². The number of thiophene rings is 1. The number of carbonyl (C=O) groups is 3. The van der Waals surface area contributed by atoms with Crippen molar-refractivity contribution in [2.24, 2.45) is 0 Å². The minimum absolute atomic E-state index is 0.150. The normalized spacial score (nSPS) is 10.3. The maximum absolute atomic E-state index is 12.2. The second-order valence-corrected chi connectivity index (χ2v) is 7.30. The lowest BCUT2D eigenvalue weighted by molar-refractivity contribution is -0.114. The van der Waals surface area contributed by atoms with Gasteiger partial charge in [-0.2, -0.15) is 0 Å². The fourth-order valence-corrected chi connectivity index (χ4v) is 3.69. The van der Waals surface area contributed by atoms with E-state index in [-0.39, 0.29) is 5.91 Å². The molecule has 26 heavy (non-hydrogen) atoms. The Bertz CT molecular complexity index is 934. The number of fused-ring (bicyclic) bond motifs is 1. The Kier molecular flexibility index (Phi) is 5.55. The summed E-state index contributed by atoms with van der Waals surface area (Å²) in [6.45, 7) is 1.43. The zero-order valence-electron chi connectivity index (χ0n) is 13.7. The molecule has 132 valence electrons. The number of urea groups is 1. The van der Waals surface area contributed by atoms with Crippen molar-refractivity contribution in [1.29, 1.82) is 0 Å². The highest BCUT2D eigenvalue weighted by atomic mass is 32.2. The van der Waals surface area contributed by atoms with E-state index >= 15 is 0 Å². The van der Waals surface area contributed by atoms with Crippen LogP contribution in [0.2, 0.25) is 0 Å². The second-order valence-electron chi connectivity index (χ2n) is 5.34. The van der Waals surface area contributed by atoms with Crippen LogP contribution in [-0.4, -0.2) is 17.8 Å². The predicted molar refractivity (Wildman–Crippen MR) is 104 cm³/mol. The zero-order valence-corrected chi connectivity index (χ0v) is 15.4. The van der Waals surface area contributed by atoms with Crippen molar-refractivity contribution in [2.75, 3.05) is 5.32 Å². The number of hydrogen-bond donors (Lipinski definition) is 3. The minimum atomic E-state index is -0.594. The van der Waals surface area contributed by atoms with Gasteiger partial charge in [0, 0.05) is 22.2 Å². The highest BCUT2D eigenvalue weighted by molar-refractivity contribution is 7.98. The summed E-state index contributed by atoms with van der Waals surface area (Å²) in [4.78, 5) is 36.3. The van der Waals surface area contributed by atoms with E-state index in [1.807, 2.05) is 24.3 Å². The van der Waals surface area contributed by atoms with Crippen LogP contribution in [0.4, 0.5) is 10.5 Å². The molecule has 6 nitrogen and oxygen atoms in total. The average molecular weight is 385 g/mol. The van der Waals surface area contributed by atoms with Crippen molar-refractivity contribution < 1.29 is 14.4 Å². The maximum Gasteiger partial charge on any atom is 0.331 e. The number of amides is 4. The van der Waals surface area contributed by atoms with Crippen LogP contribution in [0.5, 0.6) is 0 Å². The first-order valence-electron chi connectivity index (χ1n) is 7.65. The number of anilines is 1. The van der Waals surface area contributed by atoms with E-state index in [1.54, 1.807) is 30.3 Å². The van der Waals surface area contributed by atoms with Crippen molar-refractivity contribution >= 4 is 56.9 Å². The molecule has 0 unspecified atom stereocenters. The first-order valence-corrected chi connectivity index (χ1v) is 9.29. The molecule has 0 atom stereocenters. The van der Waals surface area contributed by atoms with E-state index in [0.717, 1.165) is 26.9 Å². The van der Waals surface area contributed by atoms with Gasteiger partial charge in [-0.3, -0.25) is 19.6 Å². The van der Waals surface area contributed by atoms with E-state index in [1.165, 1.54) is 18.3 Å². The van der Waals surface area contributed by atoms with Crippen LogP contribution in [-0.2, 0) is 4.79 Å². The molecule has 0 radical (unpaired) electrons. The van der Waals surface area contributed by atoms with Crippen molar-refractivity contribution in [1.82, 2.24) is 10.0 Å². The van der Waals surface area contributed by atoms with Crippen LogP contribution in [0.15, 0.2) is 59.5 Å². The molecular formula is C18H15N3O3S2. The number of carbonyl (C=O) groups excluding carboxylic acids is 3. The van der Waals surface area contributed by atoms with Gasteiger partial charge in [0.25, 0.3) is 5.91 Å². The molecule has 0 fully saturated rings. The number of nitrogens with one attached hydrogen (secondary N) is 3. The molecule has 8 heteroatoms. The first-order chi connectivity index (χ1) is 12.5. The lowest BCUT2D eigenvalue weighted by atomic mass is 10.2. The molecule has 1 heterocycles. The summed E-state index contributed by atoms with van der Waals surface area (Å²) in [5, 5.41) is 5.94. The van der Waals surface area contributed by atoms with Crippen LogP contribution < -0.4 is 15.4 Å². The third-order valence-corrected chi connectivity index (χ3v) is 5.22.